The third-order valence-corrected chi connectivity index (χ3v) is 7.84. The molecule has 0 amide bonds. The number of carbonyl (C=O) groups excluding carboxylic acids is 1. The van der Waals surface area contributed by atoms with Crippen LogP contribution in [0.1, 0.15) is 41.6 Å². The minimum atomic E-state index is -0.650. The van der Waals surface area contributed by atoms with Crippen molar-refractivity contribution in [2.24, 2.45) is 4.99 Å². The molecule has 0 saturated carbocycles. The molecule has 6 nitrogen and oxygen atoms in total. The smallest absolute Gasteiger partial charge is 0.338 e. The Bertz CT molecular complexity index is 1820. The summed E-state index contributed by atoms with van der Waals surface area (Å²) in [5.74, 6) is -0.208. The van der Waals surface area contributed by atoms with Crippen LogP contribution in [0.5, 0.6) is 5.75 Å². The van der Waals surface area contributed by atoms with E-state index in [0.717, 1.165) is 16.7 Å². The Morgan fingerprint density at radius 1 is 1.10 bits per heavy atom. The minimum Gasteiger partial charge on any atom is -0.489 e. The van der Waals surface area contributed by atoms with Crippen LogP contribution in [0.2, 0.25) is 0 Å². The Morgan fingerprint density at radius 3 is 2.56 bits per heavy atom. The van der Waals surface area contributed by atoms with Crippen LogP contribution in [-0.4, -0.2) is 17.6 Å². The van der Waals surface area contributed by atoms with Crippen molar-refractivity contribution < 1.29 is 18.7 Å². The first kappa shape index (κ1) is 28.0. The van der Waals surface area contributed by atoms with Gasteiger partial charge in [-0.15, -0.1) is 6.58 Å². The van der Waals surface area contributed by atoms with Gasteiger partial charge in [0.05, 0.1) is 29.0 Å². The van der Waals surface area contributed by atoms with E-state index in [9.17, 15) is 14.0 Å². The molecule has 0 bridgehead atoms. The molecule has 0 radical (unpaired) electrons. The maximum Gasteiger partial charge on any atom is 0.338 e. The van der Waals surface area contributed by atoms with Crippen LogP contribution >= 0.6 is 11.3 Å². The fraction of sp³-hybridized carbons (Fsp3) is 0.182. The number of benzene rings is 3. The average molecular weight is 569 g/mol. The second kappa shape index (κ2) is 12.3. The highest BCUT2D eigenvalue weighted by Crippen LogP contribution is 2.31. The number of nitrogens with zero attached hydrogens (tertiary/aromatic N) is 2. The van der Waals surface area contributed by atoms with E-state index in [1.54, 1.807) is 28.8 Å². The van der Waals surface area contributed by atoms with E-state index in [2.05, 4.69) is 6.58 Å². The molecule has 0 spiro atoms. The van der Waals surface area contributed by atoms with Crippen LogP contribution in [0.15, 0.2) is 107 Å². The second-order valence-electron chi connectivity index (χ2n) is 9.44. The van der Waals surface area contributed by atoms with Gasteiger partial charge in [-0.3, -0.25) is 9.36 Å². The van der Waals surface area contributed by atoms with Crippen molar-refractivity contribution in [3.63, 3.8) is 0 Å². The van der Waals surface area contributed by atoms with Gasteiger partial charge in [0.15, 0.2) is 4.80 Å². The van der Waals surface area contributed by atoms with Gasteiger partial charge in [0.2, 0.25) is 0 Å². The number of thiazole rings is 1. The van der Waals surface area contributed by atoms with Crippen molar-refractivity contribution in [3.05, 3.63) is 144 Å². The molecule has 2 heterocycles. The zero-order chi connectivity index (χ0) is 28.9. The molecule has 0 aliphatic carbocycles. The van der Waals surface area contributed by atoms with Gasteiger partial charge in [-0.25, -0.2) is 14.2 Å². The standard InChI is InChI=1S/C33H29FN2O4S/c1-4-11-23-18-21(16-17-27(23)40-20-24-14-9-10-15-25(24)34)19-28-31(37)36-30(22-12-7-6-8-13-22)29(32(38)39-3)26(5-2)35-33(36)41-28/h4,6-10,12-19,30H,1,5,11,20H2,2-3H3/b28-19-/t30-/m1/s1. The molecule has 41 heavy (non-hydrogen) atoms. The van der Waals surface area contributed by atoms with E-state index in [0.29, 0.717) is 44.8 Å². The molecule has 5 rings (SSSR count). The SMILES string of the molecule is C=CCc1cc(/C=c2\sc3n(c2=O)[C@H](c2ccccc2)C(C(=O)OC)=C(CC)N=3)ccc1OCc1ccccc1F. The predicted octanol–water partition coefficient (Wildman–Crippen LogP) is 5.24. The summed E-state index contributed by atoms with van der Waals surface area (Å²) in [6.45, 7) is 5.87. The molecule has 1 aromatic heterocycles. The number of methoxy groups -OCH3 is 1. The number of hydrogen-bond donors (Lipinski definition) is 0. The van der Waals surface area contributed by atoms with Crippen molar-refractivity contribution in [3.8, 4) is 5.75 Å². The fourth-order valence-corrected chi connectivity index (χ4v) is 5.90. The van der Waals surface area contributed by atoms with Crippen LogP contribution in [0.25, 0.3) is 6.08 Å². The summed E-state index contributed by atoms with van der Waals surface area (Å²) in [6, 6.07) is 20.9. The molecule has 8 heteroatoms. The number of esters is 1. The summed E-state index contributed by atoms with van der Waals surface area (Å²) >= 11 is 1.28. The van der Waals surface area contributed by atoms with Gasteiger partial charge in [0.25, 0.3) is 5.56 Å². The lowest BCUT2D eigenvalue weighted by molar-refractivity contribution is -0.136. The summed E-state index contributed by atoms with van der Waals surface area (Å²) in [4.78, 5) is 32.0. The first-order valence-electron chi connectivity index (χ1n) is 13.2. The summed E-state index contributed by atoms with van der Waals surface area (Å²) in [7, 11) is 1.33. The van der Waals surface area contributed by atoms with Crippen molar-refractivity contribution in [2.45, 2.75) is 32.4 Å². The number of carbonyl (C=O) groups is 1. The maximum absolute atomic E-state index is 14.1. The number of hydrogen-bond acceptors (Lipinski definition) is 6. The molecule has 1 atom stereocenters. The molecule has 1 aliphatic rings. The molecule has 0 saturated heterocycles. The molecule has 0 fully saturated rings. The van der Waals surface area contributed by atoms with Crippen molar-refractivity contribution in [1.82, 2.24) is 4.57 Å². The quantitative estimate of drug-likeness (QED) is 0.205. The number of fused-ring (bicyclic) bond motifs is 1. The third-order valence-electron chi connectivity index (χ3n) is 6.85. The highest BCUT2D eigenvalue weighted by molar-refractivity contribution is 7.07. The minimum absolute atomic E-state index is 0.0938. The largest absolute Gasteiger partial charge is 0.489 e. The highest BCUT2D eigenvalue weighted by atomic mass is 32.1. The number of allylic oxidation sites excluding steroid dienone is 2. The van der Waals surface area contributed by atoms with Crippen LogP contribution in [-0.2, 0) is 22.6 Å². The van der Waals surface area contributed by atoms with Crippen LogP contribution < -0.4 is 19.6 Å². The second-order valence-corrected chi connectivity index (χ2v) is 10.4. The summed E-state index contributed by atoms with van der Waals surface area (Å²) < 4.78 is 27.2. The zero-order valence-electron chi connectivity index (χ0n) is 22.8. The number of rotatable bonds is 9. The van der Waals surface area contributed by atoms with Crippen molar-refractivity contribution in [2.75, 3.05) is 7.11 Å². The summed E-state index contributed by atoms with van der Waals surface area (Å²) in [6.07, 6.45) is 4.63. The van der Waals surface area contributed by atoms with Gasteiger partial charge in [-0.05, 0) is 53.8 Å². The first-order chi connectivity index (χ1) is 19.9. The van der Waals surface area contributed by atoms with E-state index in [4.69, 9.17) is 14.5 Å². The lowest BCUT2D eigenvalue weighted by Gasteiger charge is -2.25. The van der Waals surface area contributed by atoms with E-state index >= 15 is 0 Å². The van der Waals surface area contributed by atoms with E-state index in [1.165, 1.54) is 24.5 Å². The zero-order valence-corrected chi connectivity index (χ0v) is 23.6. The Morgan fingerprint density at radius 2 is 1.85 bits per heavy atom. The third kappa shape index (κ3) is 5.69. The lowest BCUT2D eigenvalue weighted by atomic mass is 9.95. The molecular weight excluding hydrogens is 539 g/mol. The van der Waals surface area contributed by atoms with E-state index in [1.807, 2.05) is 61.5 Å². The first-order valence-corrected chi connectivity index (χ1v) is 14.0. The number of halogens is 1. The molecule has 3 aromatic carbocycles. The van der Waals surface area contributed by atoms with Crippen LogP contribution in [0, 0.1) is 5.82 Å². The average Bonchev–Trinajstić information content (AvgIpc) is 3.30. The molecule has 208 valence electrons. The van der Waals surface area contributed by atoms with Crippen molar-refractivity contribution in [1.29, 1.82) is 0 Å². The van der Waals surface area contributed by atoms with Gasteiger partial charge in [-0.1, -0.05) is 78.9 Å². The highest BCUT2D eigenvalue weighted by Gasteiger charge is 2.33. The van der Waals surface area contributed by atoms with Crippen molar-refractivity contribution >= 4 is 23.4 Å². The lowest BCUT2D eigenvalue weighted by Crippen LogP contribution is -2.40. The van der Waals surface area contributed by atoms with Gasteiger partial charge in [-0.2, -0.15) is 0 Å². The van der Waals surface area contributed by atoms with Gasteiger partial charge < -0.3 is 9.47 Å². The van der Waals surface area contributed by atoms with Gasteiger partial charge in [0.1, 0.15) is 18.2 Å². The van der Waals surface area contributed by atoms with E-state index < -0.39 is 12.0 Å². The summed E-state index contributed by atoms with van der Waals surface area (Å²) in [5.41, 5.74) is 3.64. The fourth-order valence-electron chi connectivity index (χ4n) is 4.88. The molecule has 1 aliphatic heterocycles. The molecule has 4 aromatic rings. The Hall–Kier alpha value is -4.56. The van der Waals surface area contributed by atoms with Gasteiger partial charge >= 0.3 is 5.97 Å². The maximum atomic E-state index is 14.1. The number of aromatic nitrogens is 1. The predicted molar refractivity (Wildman–Crippen MR) is 158 cm³/mol. The molecule has 0 N–H and O–H groups in total. The Kier molecular flexibility index (Phi) is 8.40. The topological polar surface area (TPSA) is 69.9 Å². The molecule has 0 unspecified atom stereocenters. The van der Waals surface area contributed by atoms with Gasteiger partial charge in [0, 0.05) is 5.56 Å². The Balaban J connectivity index is 1.57. The monoisotopic (exact) mass is 568 g/mol. The normalized spacial score (nSPS) is 14.8. The van der Waals surface area contributed by atoms with Crippen LogP contribution in [0.3, 0.4) is 0 Å². The number of ether oxygens (including phenoxy) is 2. The summed E-state index contributed by atoms with van der Waals surface area (Å²) in [5, 5.41) is 0. The Labute approximate surface area is 241 Å². The molecular formula is C33H29FN2O4S. The van der Waals surface area contributed by atoms with E-state index in [-0.39, 0.29) is 18.0 Å². The van der Waals surface area contributed by atoms with Crippen LogP contribution in [0.4, 0.5) is 4.39 Å².